The smallest absolute Gasteiger partial charge is 0.251 e. The molecule has 0 aliphatic rings. The minimum Gasteiger partial charge on any atom is -0.378 e. The molecule has 0 saturated heterocycles. The normalized spacial score (nSPS) is 10.5. The molecule has 0 saturated carbocycles. The summed E-state index contributed by atoms with van der Waals surface area (Å²) in [5.41, 5.74) is 3.90. The average Bonchev–Trinajstić information content (AvgIpc) is 2.81. The standard InChI is InChI=1S/C17H24N4O/c1-13-11-14(2)21(19-13)10-6-9-18-17(22)15-7-5-8-16(12-15)20(3)4/h5,7-8,11-12H,6,9-10H2,1-4H3,(H,18,22). The molecule has 0 aliphatic carbocycles. The number of aromatic nitrogens is 2. The van der Waals surface area contributed by atoms with Crippen molar-refractivity contribution in [3.05, 3.63) is 47.3 Å². The fraction of sp³-hybridized carbons (Fsp3) is 0.412. The highest BCUT2D eigenvalue weighted by Crippen LogP contribution is 2.13. The summed E-state index contributed by atoms with van der Waals surface area (Å²) >= 11 is 0. The third-order valence-corrected chi connectivity index (χ3v) is 3.56. The molecule has 1 amide bonds. The molecular formula is C17H24N4O. The van der Waals surface area contributed by atoms with E-state index in [1.54, 1.807) is 0 Å². The number of hydrogen-bond donors (Lipinski definition) is 1. The highest BCUT2D eigenvalue weighted by molar-refractivity contribution is 5.95. The van der Waals surface area contributed by atoms with Crippen LogP contribution in [0.15, 0.2) is 30.3 Å². The summed E-state index contributed by atoms with van der Waals surface area (Å²) in [4.78, 5) is 14.1. The van der Waals surface area contributed by atoms with E-state index in [9.17, 15) is 4.79 Å². The van der Waals surface area contributed by atoms with Gasteiger partial charge >= 0.3 is 0 Å². The van der Waals surface area contributed by atoms with Gasteiger partial charge in [-0.2, -0.15) is 5.10 Å². The first-order valence-electron chi connectivity index (χ1n) is 7.54. The number of carbonyl (C=O) groups is 1. The van der Waals surface area contributed by atoms with Crippen molar-refractivity contribution in [3.8, 4) is 0 Å². The molecular weight excluding hydrogens is 276 g/mol. The van der Waals surface area contributed by atoms with Crippen LogP contribution in [-0.4, -0.2) is 36.3 Å². The molecule has 0 atom stereocenters. The van der Waals surface area contributed by atoms with Crippen molar-refractivity contribution in [3.63, 3.8) is 0 Å². The number of nitrogens with one attached hydrogen (secondary N) is 1. The predicted octanol–water partition coefficient (Wildman–Crippen LogP) is 2.39. The van der Waals surface area contributed by atoms with Gasteiger partial charge in [0.05, 0.1) is 5.69 Å². The third-order valence-electron chi connectivity index (χ3n) is 3.56. The summed E-state index contributed by atoms with van der Waals surface area (Å²) in [5, 5.41) is 7.38. The van der Waals surface area contributed by atoms with Crippen LogP contribution < -0.4 is 10.2 Å². The third kappa shape index (κ3) is 4.10. The van der Waals surface area contributed by atoms with E-state index in [2.05, 4.69) is 16.5 Å². The molecule has 0 fully saturated rings. The van der Waals surface area contributed by atoms with Crippen LogP contribution in [0.1, 0.15) is 28.2 Å². The van der Waals surface area contributed by atoms with E-state index in [4.69, 9.17) is 0 Å². The van der Waals surface area contributed by atoms with Gasteiger partial charge in [0.1, 0.15) is 0 Å². The number of hydrogen-bond acceptors (Lipinski definition) is 3. The van der Waals surface area contributed by atoms with Crippen molar-refractivity contribution in [2.24, 2.45) is 0 Å². The van der Waals surface area contributed by atoms with Gasteiger partial charge < -0.3 is 10.2 Å². The molecule has 22 heavy (non-hydrogen) atoms. The van der Waals surface area contributed by atoms with Crippen LogP contribution in [0.3, 0.4) is 0 Å². The Morgan fingerprint density at radius 3 is 2.68 bits per heavy atom. The lowest BCUT2D eigenvalue weighted by molar-refractivity contribution is 0.0952. The second-order valence-corrected chi connectivity index (χ2v) is 5.70. The van der Waals surface area contributed by atoms with E-state index >= 15 is 0 Å². The maximum absolute atomic E-state index is 12.1. The van der Waals surface area contributed by atoms with Gasteiger partial charge in [0.2, 0.25) is 0 Å². The van der Waals surface area contributed by atoms with Crippen molar-refractivity contribution >= 4 is 11.6 Å². The van der Waals surface area contributed by atoms with Crippen LogP contribution in [0.4, 0.5) is 5.69 Å². The van der Waals surface area contributed by atoms with Crippen LogP contribution in [-0.2, 0) is 6.54 Å². The van der Waals surface area contributed by atoms with E-state index in [0.29, 0.717) is 12.1 Å². The molecule has 118 valence electrons. The van der Waals surface area contributed by atoms with Gasteiger partial charge in [-0.05, 0) is 44.5 Å². The predicted molar refractivity (Wildman–Crippen MR) is 89.4 cm³/mol. The minimum absolute atomic E-state index is 0.0305. The van der Waals surface area contributed by atoms with Crippen LogP contribution in [0.2, 0.25) is 0 Å². The van der Waals surface area contributed by atoms with Gasteiger partial charge in [-0.15, -0.1) is 0 Å². The van der Waals surface area contributed by atoms with E-state index in [0.717, 1.165) is 30.0 Å². The minimum atomic E-state index is -0.0305. The lowest BCUT2D eigenvalue weighted by atomic mass is 10.2. The summed E-state index contributed by atoms with van der Waals surface area (Å²) < 4.78 is 1.98. The Balaban J connectivity index is 1.83. The summed E-state index contributed by atoms with van der Waals surface area (Å²) in [6, 6.07) is 9.69. The maximum Gasteiger partial charge on any atom is 0.251 e. The van der Waals surface area contributed by atoms with Gasteiger partial charge in [0, 0.05) is 44.1 Å². The van der Waals surface area contributed by atoms with Crippen LogP contribution in [0.5, 0.6) is 0 Å². The quantitative estimate of drug-likeness (QED) is 0.833. The van der Waals surface area contributed by atoms with E-state index in [1.165, 1.54) is 0 Å². The number of aryl methyl sites for hydroxylation is 3. The molecule has 0 bridgehead atoms. The topological polar surface area (TPSA) is 50.2 Å². The van der Waals surface area contributed by atoms with Crippen molar-refractivity contribution in [2.45, 2.75) is 26.8 Å². The second-order valence-electron chi connectivity index (χ2n) is 5.70. The van der Waals surface area contributed by atoms with E-state index in [1.807, 2.05) is 61.8 Å². The summed E-state index contributed by atoms with van der Waals surface area (Å²) in [5.74, 6) is -0.0305. The molecule has 2 rings (SSSR count). The Morgan fingerprint density at radius 1 is 1.27 bits per heavy atom. The van der Waals surface area contributed by atoms with Crippen molar-refractivity contribution in [2.75, 3.05) is 25.5 Å². The number of rotatable bonds is 6. The zero-order valence-electron chi connectivity index (χ0n) is 13.8. The number of carbonyl (C=O) groups excluding carboxylic acids is 1. The molecule has 1 N–H and O–H groups in total. The molecule has 0 aliphatic heterocycles. The number of nitrogens with zero attached hydrogens (tertiary/aromatic N) is 3. The molecule has 0 unspecified atom stereocenters. The fourth-order valence-corrected chi connectivity index (χ4v) is 2.36. The molecule has 5 nitrogen and oxygen atoms in total. The SMILES string of the molecule is Cc1cc(C)n(CCCNC(=O)c2cccc(N(C)C)c2)n1. The molecule has 1 aromatic carbocycles. The Hall–Kier alpha value is -2.30. The van der Waals surface area contributed by atoms with Crippen molar-refractivity contribution < 1.29 is 4.79 Å². The lowest BCUT2D eigenvalue weighted by Gasteiger charge is -2.13. The first-order chi connectivity index (χ1) is 10.5. The Morgan fingerprint density at radius 2 is 2.05 bits per heavy atom. The van der Waals surface area contributed by atoms with Gasteiger partial charge in [-0.25, -0.2) is 0 Å². The first kappa shape index (κ1) is 16.1. The van der Waals surface area contributed by atoms with Gasteiger partial charge in [0.15, 0.2) is 0 Å². The second kappa shape index (κ2) is 7.11. The van der Waals surface area contributed by atoms with Crippen LogP contribution >= 0.6 is 0 Å². The Kier molecular flexibility index (Phi) is 5.20. The van der Waals surface area contributed by atoms with Crippen molar-refractivity contribution in [1.82, 2.24) is 15.1 Å². The summed E-state index contributed by atoms with van der Waals surface area (Å²) in [6.45, 7) is 5.50. The van der Waals surface area contributed by atoms with Crippen LogP contribution in [0, 0.1) is 13.8 Å². The lowest BCUT2D eigenvalue weighted by Crippen LogP contribution is -2.25. The molecule has 1 heterocycles. The van der Waals surface area contributed by atoms with Gasteiger partial charge in [-0.3, -0.25) is 9.48 Å². The summed E-state index contributed by atoms with van der Waals surface area (Å²) in [7, 11) is 3.93. The first-order valence-corrected chi connectivity index (χ1v) is 7.54. The highest BCUT2D eigenvalue weighted by atomic mass is 16.1. The zero-order valence-corrected chi connectivity index (χ0v) is 13.8. The largest absolute Gasteiger partial charge is 0.378 e. The zero-order chi connectivity index (χ0) is 16.1. The molecule has 2 aromatic rings. The van der Waals surface area contributed by atoms with Crippen molar-refractivity contribution in [1.29, 1.82) is 0 Å². The van der Waals surface area contributed by atoms with E-state index < -0.39 is 0 Å². The summed E-state index contributed by atoms with van der Waals surface area (Å²) in [6.07, 6.45) is 0.862. The number of benzene rings is 1. The molecule has 0 radical (unpaired) electrons. The molecule has 0 spiro atoms. The fourth-order valence-electron chi connectivity index (χ4n) is 2.36. The monoisotopic (exact) mass is 300 g/mol. The molecule has 1 aromatic heterocycles. The maximum atomic E-state index is 12.1. The van der Waals surface area contributed by atoms with E-state index in [-0.39, 0.29) is 5.91 Å². The number of amides is 1. The van der Waals surface area contributed by atoms with Crippen LogP contribution in [0.25, 0.3) is 0 Å². The molecule has 5 heteroatoms. The number of anilines is 1. The average molecular weight is 300 g/mol. The van der Waals surface area contributed by atoms with Gasteiger partial charge in [-0.1, -0.05) is 6.07 Å². The van der Waals surface area contributed by atoms with Gasteiger partial charge in [0.25, 0.3) is 5.91 Å². The highest BCUT2D eigenvalue weighted by Gasteiger charge is 2.07. The Labute approximate surface area is 131 Å². The Bertz CT molecular complexity index is 646.